The van der Waals surface area contributed by atoms with Crippen LogP contribution in [0.5, 0.6) is 0 Å². The summed E-state index contributed by atoms with van der Waals surface area (Å²) in [5.74, 6) is 0.934. The van der Waals surface area contributed by atoms with Crippen molar-refractivity contribution in [3.8, 4) is 0 Å². The van der Waals surface area contributed by atoms with Gasteiger partial charge in [-0.1, -0.05) is 17.7 Å². The van der Waals surface area contributed by atoms with Crippen molar-refractivity contribution in [2.45, 2.75) is 12.3 Å². The van der Waals surface area contributed by atoms with E-state index in [-0.39, 0.29) is 10.8 Å². The predicted molar refractivity (Wildman–Crippen MR) is 56.2 cm³/mol. The minimum absolute atomic E-state index is 0.234. The maximum atomic E-state index is 12.9. The van der Waals surface area contributed by atoms with Crippen molar-refractivity contribution in [2.75, 3.05) is 13.6 Å². The van der Waals surface area contributed by atoms with Crippen molar-refractivity contribution in [3.05, 3.63) is 34.6 Å². The Kier molecular flexibility index (Phi) is 2.75. The van der Waals surface area contributed by atoms with Crippen molar-refractivity contribution >= 4 is 11.6 Å². The maximum Gasteiger partial charge on any atom is 0.141 e. The van der Waals surface area contributed by atoms with E-state index in [1.165, 1.54) is 12.5 Å². The molecule has 1 aliphatic carbocycles. The van der Waals surface area contributed by atoms with E-state index in [9.17, 15) is 4.39 Å². The zero-order valence-corrected chi connectivity index (χ0v) is 8.81. The van der Waals surface area contributed by atoms with Gasteiger partial charge in [-0.15, -0.1) is 0 Å². The van der Waals surface area contributed by atoms with Crippen LogP contribution in [0.15, 0.2) is 18.2 Å². The van der Waals surface area contributed by atoms with Gasteiger partial charge in [0.15, 0.2) is 0 Å². The molecule has 76 valence electrons. The van der Waals surface area contributed by atoms with Crippen LogP contribution in [-0.2, 0) is 0 Å². The van der Waals surface area contributed by atoms with Gasteiger partial charge in [0, 0.05) is 0 Å². The minimum atomic E-state index is -0.332. The first-order valence-corrected chi connectivity index (χ1v) is 5.19. The number of hydrogen-bond acceptors (Lipinski definition) is 1. The maximum absolute atomic E-state index is 12.9. The summed E-state index contributed by atoms with van der Waals surface area (Å²) in [6.45, 7) is 1.03. The second kappa shape index (κ2) is 3.87. The van der Waals surface area contributed by atoms with E-state index in [1.807, 2.05) is 13.1 Å². The Morgan fingerprint density at radius 2 is 2.36 bits per heavy atom. The second-order valence-electron chi connectivity index (χ2n) is 3.83. The van der Waals surface area contributed by atoms with Crippen LogP contribution in [0.2, 0.25) is 5.02 Å². The van der Waals surface area contributed by atoms with Gasteiger partial charge in [0.1, 0.15) is 5.82 Å². The molecule has 1 saturated carbocycles. The Bertz CT molecular complexity index is 340. The van der Waals surface area contributed by atoms with Crippen LogP contribution in [0.4, 0.5) is 4.39 Å². The Balaban J connectivity index is 2.08. The molecular weight excluding hydrogens is 201 g/mol. The largest absolute Gasteiger partial charge is 0.319 e. The molecule has 1 fully saturated rings. The summed E-state index contributed by atoms with van der Waals surface area (Å²) in [7, 11) is 1.95. The van der Waals surface area contributed by atoms with Crippen LogP contribution in [0.1, 0.15) is 17.9 Å². The van der Waals surface area contributed by atoms with Gasteiger partial charge in [-0.2, -0.15) is 0 Å². The molecule has 1 aromatic rings. The molecule has 1 nitrogen and oxygen atoms in total. The molecule has 0 radical (unpaired) electrons. The van der Waals surface area contributed by atoms with Gasteiger partial charge in [0.25, 0.3) is 0 Å². The van der Waals surface area contributed by atoms with Gasteiger partial charge in [-0.25, -0.2) is 4.39 Å². The molecular formula is C11H13ClFN. The summed E-state index contributed by atoms with van der Waals surface area (Å²) >= 11 is 5.72. The number of benzene rings is 1. The first kappa shape index (κ1) is 9.94. The van der Waals surface area contributed by atoms with Crippen LogP contribution in [0, 0.1) is 11.7 Å². The highest BCUT2D eigenvalue weighted by atomic mass is 35.5. The Labute approximate surface area is 88.3 Å². The highest BCUT2D eigenvalue weighted by molar-refractivity contribution is 6.30. The van der Waals surface area contributed by atoms with Crippen molar-refractivity contribution in [1.29, 1.82) is 0 Å². The smallest absolute Gasteiger partial charge is 0.141 e. The Morgan fingerprint density at radius 1 is 1.57 bits per heavy atom. The summed E-state index contributed by atoms with van der Waals surface area (Å²) in [6.07, 6.45) is 1.18. The highest BCUT2D eigenvalue weighted by Crippen LogP contribution is 2.47. The van der Waals surface area contributed by atoms with E-state index in [0.29, 0.717) is 11.8 Å². The molecule has 0 saturated heterocycles. The number of halogens is 2. The predicted octanol–water partition coefficient (Wildman–Crippen LogP) is 2.80. The standard InChI is InChI=1S/C11H13ClFN/c1-14-6-8-4-9(8)7-2-3-11(13)10(12)5-7/h2-3,5,8-9,14H,4,6H2,1H3. The molecule has 0 bridgehead atoms. The molecule has 0 amide bonds. The third-order valence-corrected chi connectivity index (χ3v) is 3.05. The lowest BCUT2D eigenvalue weighted by molar-refractivity contribution is 0.627. The normalized spacial score (nSPS) is 25.1. The molecule has 0 spiro atoms. The average molecular weight is 214 g/mol. The van der Waals surface area contributed by atoms with Gasteiger partial charge in [0.2, 0.25) is 0 Å². The monoisotopic (exact) mass is 213 g/mol. The van der Waals surface area contributed by atoms with Crippen LogP contribution >= 0.6 is 11.6 Å². The molecule has 1 aromatic carbocycles. The third kappa shape index (κ3) is 1.91. The van der Waals surface area contributed by atoms with Gasteiger partial charge in [-0.05, 0) is 49.5 Å². The summed E-state index contributed by atoms with van der Waals surface area (Å²) in [5.41, 5.74) is 1.16. The molecule has 2 atom stereocenters. The van der Waals surface area contributed by atoms with Gasteiger partial charge < -0.3 is 5.32 Å². The fraction of sp³-hybridized carbons (Fsp3) is 0.455. The Hall–Kier alpha value is -0.600. The number of rotatable bonds is 3. The van der Waals surface area contributed by atoms with Crippen molar-refractivity contribution in [2.24, 2.45) is 5.92 Å². The van der Waals surface area contributed by atoms with E-state index in [4.69, 9.17) is 11.6 Å². The fourth-order valence-corrected chi connectivity index (χ4v) is 2.08. The van der Waals surface area contributed by atoms with Crippen LogP contribution in [0.25, 0.3) is 0 Å². The lowest BCUT2D eigenvalue weighted by atomic mass is 10.1. The van der Waals surface area contributed by atoms with E-state index in [2.05, 4.69) is 5.32 Å². The first-order valence-electron chi connectivity index (χ1n) is 4.82. The summed E-state index contributed by atoms with van der Waals surface area (Å²) < 4.78 is 12.9. The first-order chi connectivity index (χ1) is 6.72. The highest BCUT2D eigenvalue weighted by Gasteiger charge is 2.37. The van der Waals surface area contributed by atoms with E-state index in [1.54, 1.807) is 6.07 Å². The van der Waals surface area contributed by atoms with Crippen molar-refractivity contribution in [1.82, 2.24) is 5.32 Å². The quantitative estimate of drug-likeness (QED) is 0.814. The van der Waals surface area contributed by atoms with Gasteiger partial charge in [0.05, 0.1) is 5.02 Å². The van der Waals surface area contributed by atoms with Crippen molar-refractivity contribution in [3.63, 3.8) is 0 Å². The molecule has 3 heteroatoms. The summed E-state index contributed by atoms with van der Waals surface area (Å²) in [5, 5.41) is 3.38. The lowest BCUT2D eigenvalue weighted by Gasteiger charge is -2.01. The summed E-state index contributed by atoms with van der Waals surface area (Å²) in [6, 6.07) is 5.03. The fourth-order valence-electron chi connectivity index (χ4n) is 1.89. The van der Waals surface area contributed by atoms with E-state index >= 15 is 0 Å². The SMILES string of the molecule is CNCC1CC1c1ccc(F)c(Cl)c1. The molecule has 0 aliphatic heterocycles. The molecule has 0 aromatic heterocycles. The van der Waals surface area contributed by atoms with E-state index < -0.39 is 0 Å². The number of nitrogens with one attached hydrogen (secondary N) is 1. The summed E-state index contributed by atoms with van der Waals surface area (Å²) in [4.78, 5) is 0. The third-order valence-electron chi connectivity index (χ3n) is 2.76. The van der Waals surface area contributed by atoms with Crippen LogP contribution in [-0.4, -0.2) is 13.6 Å². The Morgan fingerprint density at radius 3 is 3.00 bits per heavy atom. The van der Waals surface area contributed by atoms with Crippen LogP contribution < -0.4 is 5.32 Å². The number of hydrogen-bond donors (Lipinski definition) is 1. The van der Waals surface area contributed by atoms with Crippen molar-refractivity contribution < 1.29 is 4.39 Å². The topological polar surface area (TPSA) is 12.0 Å². The lowest BCUT2D eigenvalue weighted by Crippen LogP contribution is -2.10. The minimum Gasteiger partial charge on any atom is -0.319 e. The molecule has 14 heavy (non-hydrogen) atoms. The van der Waals surface area contributed by atoms with Crippen LogP contribution in [0.3, 0.4) is 0 Å². The molecule has 1 aliphatic rings. The molecule has 2 rings (SSSR count). The molecule has 1 N–H and O–H groups in total. The average Bonchev–Trinajstić information content (AvgIpc) is 2.90. The zero-order chi connectivity index (χ0) is 10.1. The second-order valence-corrected chi connectivity index (χ2v) is 4.24. The molecule has 2 unspecified atom stereocenters. The zero-order valence-electron chi connectivity index (χ0n) is 8.06. The van der Waals surface area contributed by atoms with Gasteiger partial charge in [-0.3, -0.25) is 0 Å². The van der Waals surface area contributed by atoms with Gasteiger partial charge >= 0.3 is 0 Å². The molecule has 0 heterocycles. The van der Waals surface area contributed by atoms with E-state index in [0.717, 1.165) is 12.1 Å².